The summed E-state index contributed by atoms with van der Waals surface area (Å²) in [6.45, 7) is 4.89. The molecule has 33 heavy (non-hydrogen) atoms. The first-order valence-corrected chi connectivity index (χ1v) is 11.2. The van der Waals surface area contributed by atoms with E-state index in [0.717, 1.165) is 0 Å². The number of aliphatic carboxylic acids is 1. The van der Waals surface area contributed by atoms with Gasteiger partial charge in [0.05, 0.1) is 12.1 Å². The van der Waals surface area contributed by atoms with E-state index < -0.39 is 54.0 Å². The maximum Gasteiger partial charge on any atom is 0.326 e. The fourth-order valence-corrected chi connectivity index (χ4v) is 2.89. The average Bonchev–Trinajstić information content (AvgIpc) is 2.75. The Morgan fingerprint density at radius 3 is 2.03 bits per heavy atom. The highest BCUT2D eigenvalue weighted by atomic mass is 32.1. The van der Waals surface area contributed by atoms with Crippen LogP contribution in [0, 0.1) is 5.92 Å². The molecule has 6 atom stereocenters. The van der Waals surface area contributed by atoms with Gasteiger partial charge in [0.2, 0.25) is 17.7 Å². The molecule has 0 aliphatic carbocycles. The molecule has 0 fully saturated rings. The van der Waals surface area contributed by atoms with Crippen LogP contribution in [-0.2, 0) is 19.2 Å². The van der Waals surface area contributed by atoms with E-state index in [1.54, 1.807) is 13.8 Å². The van der Waals surface area contributed by atoms with Gasteiger partial charge in [0.15, 0.2) is 5.96 Å². The molecule has 0 bridgehead atoms. The quantitative estimate of drug-likeness (QED) is 0.0499. The topological polar surface area (TPSA) is 235 Å². The van der Waals surface area contributed by atoms with Gasteiger partial charge >= 0.3 is 5.97 Å². The summed E-state index contributed by atoms with van der Waals surface area (Å²) >= 11 is 3.95. The third-order valence-corrected chi connectivity index (χ3v) is 5.34. The lowest BCUT2D eigenvalue weighted by molar-refractivity contribution is -0.144. The molecule has 6 unspecified atom stereocenters. The maximum atomic E-state index is 12.9. The number of nitrogens with zero attached hydrogens (tertiary/aromatic N) is 1. The summed E-state index contributed by atoms with van der Waals surface area (Å²) < 4.78 is 0. The smallest absolute Gasteiger partial charge is 0.326 e. The van der Waals surface area contributed by atoms with Gasteiger partial charge in [0.1, 0.15) is 18.1 Å². The van der Waals surface area contributed by atoms with Crippen molar-refractivity contribution < 1.29 is 29.4 Å². The summed E-state index contributed by atoms with van der Waals surface area (Å²) in [6.07, 6.45) is -0.449. The number of hydrogen-bond acceptors (Lipinski definition) is 8. The highest BCUT2D eigenvalue weighted by Crippen LogP contribution is 2.09. The lowest BCUT2D eigenvalue weighted by Crippen LogP contribution is -2.60. The van der Waals surface area contributed by atoms with Crippen molar-refractivity contribution in [3.63, 3.8) is 0 Å². The zero-order chi connectivity index (χ0) is 25.7. The molecule has 190 valence electrons. The molecule has 11 N–H and O–H groups in total. The van der Waals surface area contributed by atoms with Crippen molar-refractivity contribution >= 4 is 42.3 Å². The third kappa shape index (κ3) is 11.2. The molecule has 3 amide bonds. The van der Waals surface area contributed by atoms with E-state index in [2.05, 4.69) is 33.6 Å². The van der Waals surface area contributed by atoms with Gasteiger partial charge < -0.3 is 43.4 Å². The minimum Gasteiger partial charge on any atom is -0.480 e. The molecule has 0 aromatic heterocycles. The van der Waals surface area contributed by atoms with Gasteiger partial charge in [-0.05, 0) is 25.7 Å². The van der Waals surface area contributed by atoms with Gasteiger partial charge in [-0.3, -0.25) is 19.4 Å². The number of rotatable bonds is 15. The number of carbonyl (C=O) groups excluding carboxylic acids is 3. The number of carboxylic acid groups (broad SMARTS) is 1. The van der Waals surface area contributed by atoms with Crippen molar-refractivity contribution in [3.8, 4) is 0 Å². The molecule has 0 saturated heterocycles. The molecule has 13 nitrogen and oxygen atoms in total. The molecule has 14 heteroatoms. The second-order valence-electron chi connectivity index (χ2n) is 7.74. The highest BCUT2D eigenvalue weighted by Gasteiger charge is 2.33. The largest absolute Gasteiger partial charge is 0.480 e. The Morgan fingerprint density at radius 2 is 1.58 bits per heavy atom. The van der Waals surface area contributed by atoms with E-state index in [4.69, 9.17) is 17.2 Å². The van der Waals surface area contributed by atoms with Crippen LogP contribution in [-0.4, -0.2) is 82.4 Å². The van der Waals surface area contributed by atoms with Crippen molar-refractivity contribution in [1.29, 1.82) is 0 Å². The number of carboxylic acids is 1. The first-order chi connectivity index (χ1) is 15.3. The monoisotopic (exact) mass is 491 g/mol. The van der Waals surface area contributed by atoms with E-state index in [1.165, 1.54) is 6.92 Å². The van der Waals surface area contributed by atoms with Crippen LogP contribution in [0.2, 0.25) is 0 Å². The number of nitrogens with two attached hydrogens (primary N) is 3. The van der Waals surface area contributed by atoms with E-state index >= 15 is 0 Å². The van der Waals surface area contributed by atoms with Gasteiger partial charge in [-0.1, -0.05) is 20.3 Å². The number of aliphatic hydroxyl groups is 1. The normalized spacial score (nSPS) is 16.3. The van der Waals surface area contributed by atoms with Gasteiger partial charge in [-0.15, -0.1) is 0 Å². The maximum absolute atomic E-state index is 12.9. The number of hydrogen-bond donors (Lipinski definition) is 9. The van der Waals surface area contributed by atoms with E-state index in [9.17, 15) is 29.4 Å². The Hall–Kier alpha value is -2.58. The van der Waals surface area contributed by atoms with Crippen molar-refractivity contribution in [2.24, 2.45) is 28.1 Å². The molecule has 0 aliphatic heterocycles. The first-order valence-electron chi connectivity index (χ1n) is 10.6. The van der Waals surface area contributed by atoms with E-state index in [0.29, 0.717) is 12.8 Å². The molecule has 0 heterocycles. The fraction of sp³-hybridized carbons (Fsp3) is 0.737. The van der Waals surface area contributed by atoms with Gasteiger partial charge in [-0.25, -0.2) is 4.79 Å². The number of amides is 3. The SMILES string of the molecule is CCC(C)C(NC(=O)C(NC(=O)C(CCCN=C(N)N)NC(=O)C(N)CS)C(C)O)C(=O)O. The number of nitrogens with one attached hydrogen (secondary N) is 3. The predicted molar refractivity (Wildman–Crippen MR) is 126 cm³/mol. The molecule has 0 aliphatic rings. The molecular formula is C19H37N7O6S. The predicted octanol–water partition coefficient (Wildman–Crippen LogP) is -2.74. The van der Waals surface area contributed by atoms with Crippen LogP contribution < -0.4 is 33.2 Å². The Kier molecular flexibility index (Phi) is 14.1. The fourth-order valence-electron chi connectivity index (χ4n) is 2.72. The molecule has 0 aromatic carbocycles. The van der Waals surface area contributed by atoms with Crippen LogP contribution in [0.1, 0.15) is 40.0 Å². The van der Waals surface area contributed by atoms with Crippen molar-refractivity contribution in [2.75, 3.05) is 12.3 Å². The zero-order valence-electron chi connectivity index (χ0n) is 19.2. The van der Waals surface area contributed by atoms with Gasteiger partial charge in [-0.2, -0.15) is 12.6 Å². The Morgan fingerprint density at radius 1 is 1.00 bits per heavy atom. The molecule has 0 rings (SSSR count). The molecule has 0 spiro atoms. The molecular weight excluding hydrogens is 454 g/mol. The second kappa shape index (κ2) is 15.3. The van der Waals surface area contributed by atoms with E-state index in [-0.39, 0.29) is 30.6 Å². The molecule has 0 aromatic rings. The number of guanidine groups is 1. The van der Waals surface area contributed by atoms with Gasteiger partial charge in [0.25, 0.3) is 0 Å². The van der Waals surface area contributed by atoms with Crippen LogP contribution in [0.15, 0.2) is 4.99 Å². The summed E-state index contributed by atoms with van der Waals surface area (Å²) in [7, 11) is 0. The molecule has 0 saturated carbocycles. The Labute approximate surface area is 198 Å². The minimum atomic E-state index is -1.46. The summed E-state index contributed by atoms with van der Waals surface area (Å²) in [6, 6.07) is -4.75. The summed E-state index contributed by atoms with van der Waals surface area (Å²) in [5.41, 5.74) is 16.2. The van der Waals surface area contributed by atoms with Crippen LogP contribution in [0.3, 0.4) is 0 Å². The molecule has 0 radical (unpaired) electrons. The van der Waals surface area contributed by atoms with Crippen molar-refractivity contribution in [3.05, 3.63) is 0 Å². The van der Waals surface area contributed by atoms with E-state index in [1.807, 2.05) is 0 Å². The number of thiol groups is 1. The van der Waals surface area contributed by atoms with Crippen LogP contribution in [0.25, 0.3) is 0 Å². The van der Waals surface area contributed by atoms with Crippen molar-refractivity contribution in [1.82, 2.24) is 16.0 Å². The van der Waals surface area contributed by atoms with Crippen LogP contribution >= 0.6 is 12.6 Å². The summed E-state index contributed by atoms with van der Waals surface area (Å²) in [4.78, 5) is 53.0. The lowest BCUT2D eigenvalue weighted by atomic mass is 9.98. The summed E-state index contributed by atoms with van der Waals surface area (Å²) in [5, 5.41) is 26.7. The van der Waals surface area contributed by atoms with Crippen LogP contribution in [0.5, 0.6) is 0 Å². The second-order valence-corrected chi connectivity index (χ2v) is 8.10. The van der Waals surface area contributed by atoms with Crippen LogP contribution in [0.4, 0.5) is 0 Å². The highest BCUT2D eigenvalue weighted by molar-refractivity contribution is 7.80. The number of carbonyl (C=O) groups is 4. The minimum absolute atomic E-state index is 0.0407. The standard InChI is InChI=1S/C19H37N7O6S/c1-4-9(2)13(18(31)32)25-17(30)14(10(3)27)26-16(29)12(6-5-7-23-19(21)22)24-15(28)11(20)8-33/h9-14,27,33H,4-8,20H2,1-3H3,(H,24,28)(H,25,30)(H,26,29)(H,31,32)(H4,21,22,23). The lowest BCUT2D eigenvalue weighted by Gasteiger charge is -2.27. The Balaban J connectivity index is 5.49. The average molecular weight is 492 g/mol. The summed E-state index contributed by atoms with van der Waals surface area (Å²) in [5.74, 6) is -3.98. The zero-order valence-corrected chi connectivity index (χ0v) is 20.0. The van der Waals surface area contributed by atoms with Crippen molar-refractivity contribution in [2.45, 2.75) is 70.3 Å². The first kappa shape index (κ1) is 30.4. The van der Waals surface area contributed by atoms with Gasteiger partial charge in [0, 0.05) is 12.3 Å². The number of aliphatic imine (C=N–C) groups is 1. The third-order valence-electron chi connectivity index (χ3n) is 4.95. The number of aliphatic hydroxyl groups excluding tert-OH is 1. The Bertz CT molecular complexity index is 702.